The Hall–Kier alpha value is -1.79. The van der Waals surface area contributed by atoms with Crippen LogP contribution in [0.15, 0.2) is 18.2 Å². The van der Waals surface area contributed by atoms with Gasteiger partial charge in [0.25, 0.3) is 5.91 Å². The predicted molar refractivity (Wildman–Crippen MR) is 79.5 cm³/mol. The molecule has 2 rings (SSSR count). The van der Waals surface area contributed by atoms with E-state index in [0.29, 0.717) is 5.56 Å². The van der Waals surface area contributed by atoms with Crippen molar-refractivity contribution in [1.82, 2.24) is 4.90 Å². The second kappa shape index (κ2) is 5.68. The summed E-state index contributed by atoms with van der Waals surface area (Å²) in [6.07, 6.45) is 2.12. The largest absolute Gasteiger partial charge is 0.384 e. The van der Waals surface area contributed by atoms with E-state index in [0.717, 1.165) is 30.5 Å². The molecule has 1 amide bonds. The third-order valence-electron chi connectivity index (χ3n) is 3.92. The second-order valence-electron chi connectivity index (χ2n) is 5.86. The van der Waals surface area contributed by atoms with Crippen molar-refractivity contribution in [2.24, 2.45) is 0 Å². The zero-order chi connectivity index (χ0) is 14.8. The number of hydrogen-bond acceptors (Lipinski definition) is 2. The molecule has 0 aliphatic carbocycles. The molecule has 1 saturated heterocycles. The van der Waals surface area contributed by atoms with Gasteiger partial charge in [0.15, 0.2) is 0 Å². The van der Waals surface area contributed by atoms with Crippen molar-refractivity contribution in [3.63, 3.8) is 0 Å². The van der Waals surface area contributed by atoms with E-state index in [1.807, 2.05) is 30.0 Å². The molecule has 106 valence electrons. The lowest BCUT2D eigenvalue weighted by atomic mass is 10.00. The SMILES string of the molecule is Cc1cc(C(=O)N2CCCC2(C)C)ccc1C#CCO. The van der Waals surface area contributed by atoms with Crippen LogP contribution in [0.3, 0.4) is 0 Å². The third-order valence-corrected chi connectivity index (χ3v) is 3.92. The summed E-state index contributed by atoms with van der Waals surface area (Å²) in [4.78, 5) is 14.5. The van der Waals surface area contributed by atoms with Crippen LogP contribution in [-0.4, -0.2) is 34.6 Å². The maximum absolute atomic E-state index is 12.6. The van der Waals surface area contributed by atoms with Crippen molar-refractivity contribution >= 4 is 5.91 Å². The van der Waals surface area contributed by atoms with Gasteiger partial charge in [0.1, 0.15) is 6.61 Å². The third kappa shape index (κ3) is 2.86. The molecule has 20 heavy (non-hydrogen) atoms. The average molecular weight is 271 g/mol. The number of aliphatic hydroxyl groups excluding tert-OH is 1. The minimum Gasteiger partial charge on any atom is -0.384 e. The van der Waals surface area contributed by atoms with Crippen molar-refractivity contribution in [3.05, 3.63) is 34.9 Å². The molecule has 1 fully saturated rings. The Kier molecular flexibility index (Phi) is 4.15. The van der Waals surface area contributed by atoms with Gasteiger partial charge in [0.05, 0.1) is 0 Å². The van der Waals surface area contributed by atoms with Crippen molar-refractivity contribution in [1.29, 1.82) is 0 Å². The molecule has 0 aromatic heterocycles. The lowest BCUT2D eigenvalue weighted by Gasteiger charge is -2.31. The fraction of sp³-hybridized carbons (Fsp3) is 0.471. The molecule has 3 nitrogen and oxygen atoms in total. The summed E-state index contributed by atoms with van der Waals surface area (Å²) in [6, 6.07) is 5.57. The van der Waals surface area contributed by atoms with Crippen molar-refractivity contribution in [2.75, 3.05) is 13.2 Å². The molecular formula is C17H21NO2. The molecule has 1 aliphatic rings. The first-order valence-corrected chi connectivity index (χ1v) is 6.98. The van der Waals surface area contributed by atoms with Crippen LogP contribution >= 0.6 is 0 Å². The monoisotopic (exact) mass is 271 g/mol. The molecule has 0 bridgehead atoms. The van der Waals surface area contributed by atoms with Gasteiger partial charge >= 0.3 is 0 Å². The highest BCUT2D eigenvalue weighted by atomic mass is 16.2. The second-order valence-corrected chi connectivity index (χ2v) is 5.86. The fourth-order valence-electron chi connectivity index (χ4n) is 2.71. The highest BCUT2D eigenvalue weighted by molar-refractivity contribution is 5.95. The Morgan fingerprint density at radius 2 is 2.20 bits per heavy atom. The molecule has 0 atom stereocenters. The molecule has 0 spiro atoms. The standard InChI is InChI=1S/C17H21NO2/c1-13-12-15(8-7-14(13)6-4-11-19)16(20)18-10-5-9-17(18,2)3/h7-8,12,19H,5,9-11H2,1-3H3. The average Bonchev–Trinajstić information content (AvgIpc) is 2.76. The van der Waals surface area contributed by atoms with Crippen molar-refractivity contribution in [3.8, 4) is 11.8 Å². The molecule has 1 aromatic carbocycles. The molecule has 1 heterocycles. The zero-order valence-corrected chi connectivity index (χ0v) is 12.4. The minimum absolute atomic E-state index is 0.0552. The Labute approximate surface area is 120 Å². The van der Waals surface area contributed by atoms with E-state index in [-0.39, 0.29) is 18.1 Å². The van der Waals surface area contributed by atoms with Gasteiger partial charge in [-0.1, -0.05) is 11.8 Å². The Morgan fingerprint density at radius 3 is 2.75 bits per heavy atom. The van der Waals surface area contributed by atoms with Crippen LogP contribution in [0.5, 0.6) is 0 Å². The highest BCUT2D eigenvalue weighted by Gasteiger charge is 2.35. The van der Waals surface area contributed by atoms with Gasteiger partial charge in [0.2, 0.25) is 0 Å². The lowest BCUT2D eigenvalue weighted by molar-refractivity contribution is 0.0652. The van der Waals surface area contributed by atoms with Crippen molar-refractivity contribution in [2.45, 2.75) is 39.2 Å². The van der Waals surface area contributed by atoms with Gasteiger partial charge in [0, 0.05) is 23.2 Å². The van der Waals surface area contributed by atoms with Gasteiger partial charge in [-0.05, 0) is 57.4 Å². The maximum atomic E-state index is 12.6. The molecule has 1 aromatic rings. The minimum atomic E-state index is -0.151. The van der Waals surface area contributed by atoms with Gasteiger partial charge in [-0.15, -0.1) is 0 Å². The van der Waals surface area contributed by atoms with Crippen LogP contribution in [-0.2, 0) is 0 Å². The van der Waals surface area contributed by atoms with Crippen LogP contribution in [0, 0.1) is 18.8 Å². The summed E-state index contributed by atoms with van der Waals surface area (Å²) >= 11 is 0. The number of aliphatic hydroxyl groups is 1. The smallest absolute Gasteiger partial charge is 0.254 e. The Morgan fingerprint density at radius 1 is 1.45 bits per heavy atom. The normalized spacial score (nSPS) is 16.7. The Bertz CT molecular complexity index is 578. The molecule has 0 radical (unpaired) electrons. The molecular weight excluding hydrogens is 250 g/mol. The lowest BCUT2D eigenvalue weighted by Crippen LogP contribution is -2.42. The number of hydrogen-bond donors (Lipinski definition) is 1. The number of carbonyl (C=O) groups is 1. The van der Waals surface area contributed by atoms with E-state index in [4.69, 9.17) is 5.11 Å². The summed E-state index contributed by atoms with van der Waals surface area (Å²) in [7, 11) is 0. The summed E-state index contributed by atoms with van der Waals surface area (Å²) in [5.74, 6) is 5.62. The predicted octanol–water partition coefficient (Wildman–Crippen LogP) is 2.35. The molecule has 1 aliphatic heterocycles. The number of amides is 1. The van der Waals surface area contributed by atoms with E-state index in [1.54, 1.807) is 0 Å². The first-order chi connectivity index (χ1) is 9.45. The number of aryl methyl sites for hydroxylation is 1. The summed E-state index contributed by atoms with van der Waals surface area (Å²) in [6.45, 7) is 6.85. The van der Waals surface area contributed by atoms with Crippen LogP contribution in [0.2, 0.25) is 0 Å². The van der Waals surface area contributed by atoms with Gasteiger partial charge in [-0.2, -0.15) is 0 Å². The van der Waals surface area contributed by atoms with Gasteiger partial charge in [-0.25, -0.2) is 0 Å². The number of nitrogens with zero attached hydrogens (tertiary/aromatic N) is 1. The number of rotatable bonds is 1. The van der Waals surface area contributed by atoms with Gasteiger partial charge in [-0.3, -0.25) is 4.79 Å². The van der Waals surface area contributed by atoms with E-state index in [1.165, 1.54) is 0 Å². The van der Waals surface area contributed by atoms with Gasteiger partial charge < -0.3 is 10.0 Å². The quantitative estimate of drug-likeness (QED) is 0.797. The van der Waals surface area contributed by atoms with Crippen LogP contribution in [0.25, 0.3) is 0 Å². The Balaban J connectivity index is 2.26. The highest BCUT2D eigenvalue weighted by Crippen LogP contribution is 2.30. The molecule has 1 N–H and O–H groups in total. The molecule has 0 saturated carbocycles. The molecule has 0 unspecified atom stereocenters. The number of benzene rings is 1. The van der Waals surface area contributed by atoms with E-state index in [2.05, 4.69) is 25.7 Å². The van der Waals surface area contributed by atoms with Crippen LogP contribution in [0.4, 0.5) is 0 Å². The van der Waals surface area contributed by atoms with Crippen LogP contribution in [0.1, 0.15) is 48.2 Å². The number of likely N-dealkylation sites (tertiary alicyclic amines) is 1. The van der Waals surface area contributed by atoms with E-state index < -0.39 is 0 Å². The van der Waals surface area contributed by atoms with Crippen LogP contribution < -0.4 is 0 Å². The van der Waals surface area contributed by atoms with E-state index >= 15 is 0 Å². The zero-order valence-electron chi connectivity index (χ0n) is 12.4. The van der Waals surface area contributed by atoms with Crippen molar-refractivity contribution < 1.29 is 9.90 Å². The summed E-state index contributed by atoms with van der Waals surface area (Å²) in [5.41, 5.74) is 2.48. The first kappa shape index (κ1) is 14.6. The topological polar surface area (TPSA) is 40.5 Å². The molecule has 3 heteroatoms. The maximum Gasteiger partial charge on any atom is 0.254 e. The number of carbonyl (C=O) groups excluding carboxylic acids is 1. The summed E-state index contributed by atoms with van der Waals surface area (Å²) < 4.78 is 0. The van der Waals surface area contributed by atoms with E-state index in [9.17, 15) is 4.79 Å². The fourth-order valence-corrected chi connectivity index (χ4v) is 2.71. The first-order valence-electron chi connectivity index (χ1n) is 6.98. The summed E-state index contributed by atoms with van der Waals surface area (Å²) in [5, 5.41) is 8.73.